The molecular weight excluding hydrogens is 272 g/mol. The van der Waals surface area contributed by atoms with Gasteiger partial charge >= 0.3 is 0 Å². The molecule has 1 atom stereocenters. The number of carbonyl (C=O) groups excluding carboxylic acids is 1. The summed E-state index contributed by atoms with van der Waals surface area (Å²) in [6.07, 6.45) is 1.61. The van der Waals surface area contributed by atoms with Gasteiger partial charge in [-0.25, -0.2) is 0 Å². The molecule has 1 heterocycles. The number of ether oxygens (including phenoxy) is 1. The predicted octanol–water partition coefficient (Wildman–Crippen LogP) is 1.53. The molecule has 88 valence electrons. The summed E-state index contributed by atoms with van der Waals surface area (Å²) in [5.41, 5.74) is 1.33. The Bertz CT molecular complexity index is 358. The van der Waals surface area contributed by atoms with Gasteiger partial charge in [0.15, 0.2) is 0 Å². The van der Waals surface area contributed by atoms with Gasteiger partial charge in [-0.15, -0.1) is 0 Å². The van der Waals surface area contributed by atoms with Crippen LogP contribution in [0.1, 0.15) is 16.1 Å². The minimum absolute atomic E-state index is 0.0427. The summed E-state index contributed by atoms with van der Waals surface area (Å²) in [7, 11) is 1.60. The smallest absolute Gasteiger partial charge is 0.270 e. The molecule has 1 unspecified atom stereocenters. The molecule has 0 aliphatic rings. The molecule has 0 aliphatic carbocycles. The third kappa shape index (κ3) is 3.57. The third-order valence-corrected chi connectivity index (χ3v) is 2.90. The van der Waals surface area contributed by atoms with Crippen molar-refractivity contribution in [2.45, 2.75) is 13.0 Å². The van der Waals surface area contributed by atoms with Gasteiger partial charge in [-0.1, -0.05) is 22.0 Å². The van der Waals surface area contributed by atoms with E-state index in [0.717, 1.165) is 5.56 Å². The number of nitrogens with one attached hydrogen (secondary N) is 1. The SMILES string of the molecule is COCC(CBr)NC(=O)c1ncccc1C. The normalized spacial score (nSPS) is 12.2. The molecule has 0 radical (unpaired) electrons. The van der Waals surface area contributed by atoms with E-state index in [1.807, 2.05) is 19.1 Å². The lowest BCUT2D eigenvalue weighted by atomic mass is 10.2. The number of hydrogen-bond acceptors (Lipinski definition) is 3. The van der Waals surface area contributed by atoms with Crippen molar-refractivity contribution in [3.05, 3.63) is 29.6 Å². The summed E-state index contributed by atoms with van der Waals surface area (Å²) < 4.78 is 5.00. The largest absolute Gasteiger partial charge is 0.383 e. The summed E-state index contributed by atoms with van der Waals surface area (Å²) in [5.74, 6) is -0.167. The zero-order valence-electron chi connectivity index (χ0n) is 9.37. The van der Waals surface area contributed by atoms with Gasteiger partial charge in [0.25, 0.3) is 5.91 Å². The van der Waals surface area contributed by atoms with E-state index in [9.17, 15) is 4.79 Å². The van der Waals surface area contributed by atoms with E-state index in [1.165, 1.54) is 0 Å². The van der Waals surface area contributed by atoms with Crippen molar-refractivity contribution in [2.75, 3.05) is 19.0 Å². The van der Waals surface area contributed by atoms with E-state index in [4.69, 9.17) is 4.74 Å². The molecule has 1 rings (SSSR count). The number of carbonyl (C=O) groups is 1. The van der Waals surface area contributed by atoms with Crippen LogP contribution in [-0.4, -0.2) is 36.0 Å². The maximum atomic E-state index is 11.9. The highest BCUT2D eigenvalue weighted by Gasteiger charge is 2.14. The van der Waals surface area contributed by atoms with Crippen molar-refractivity contribution in [1.29, 1.82) is 0 Å². The number of nitrogens with zero attached hydrogens (tertiary/aromatic N) is 1. The number of amides is 1. The van der Waals surface area contributed by atoms with Crippen LogP contribution in [-0.2, 0) is 4.74 Å². The summed E-state index contributed by atoms with van der Waals surface area (Å²) in [4.78, 5) is 15.9. The average molecular weight is 287 g/mol. The topological polar surface area (TPSA) is 51.2 Å². The van der Waals surface area contributed by atoms with Gasteiger partial charge in [-0.2, -0.15) is 0 Å². The molecule has 16 heavy (non-hydrogen) atoms. The molecule has 0 spiro atoms. The zero-order chi connectivity index (χ0) is 12.0. The molecule has 1 amide bonds. The van der Waals surface area contributed by atoms with Crippen molar-refractivity contribution in [3.8, 4) is 0 Å². The highest BCUT2D eigenvalue weighted by Crippen LogP contribution is 2.03. The lowest BCUT2D eigenvalue weighted by Gasteiger charge is -2.15. The van der Waals surface area contributed by atoms with Gasteiger partial charge < -0.3 is 10.1 Å². The van der Waals surface area contributed by atoms with Gasteiger partial charge in [-0.05, 0) is 18.6 Å². The summed E-state index contributed by atoms with van der Waals surface area (Å²) >= 11 is 3.32. The lowest BCUT2D eigenvalue weighted by molar-refractivity contribution is 0.0902. The van der Waals surface area contributed by atoms with E-state index in [1.54, 1.807) is 13.3 Å². The third-order valence-electron chi connectivity index (χ3n) is 2.11. The first-order chi connectivity index (χ1) is 7.69. The van der Waals surface area contributed by atoms with E-state index >= 15 is 0 Å². The fraction of sp³-hybridized carbons (Fsp3) is 0.455. The fourth-order valence-electron chi connectivity index (χ4n) is 1.30. The number of aromatic nitrogens is 1. The summed E-state index contributed by atoms with van der Waals surface area (Å²) in [6, 6.07) is 3.63. The molecule has 0 aliphatic heterocycles. The minimum Gasteiger partial charge on any atom is -0.383 e. The first-order valence-corrected chi connectivity index (χ1v) is 6.08. The Morgan fingerprint density at radius 2 is 2.44 bits per heavy atom. The fourth-order valence-corrected chi connectivity index (χ4v) is 1.65. The predicted molar refractivity (Wildman–Crippen MR) is 65.9 cm³/mol. The number of alkyl halides is 1. The monoisotopic (exact) mass is 286 g/mol. The Morgan fingerprint density at radius 1 is 1.69 bits per heavy atom. The molecule has 0 aromatic carbocycles. The van der Waals surface area contributed by atoms with Gasteiger partial charge in [0, 0.05) is 18.6 Å². The van der Waals surface area contributed by atoms with Crippen molar-refractivity contribution >= 4 is 21.8 Å². The highest BCUT2D eigenvalue weighted by molar-refractivity contribution is 9.09. The molecule has 0 fully saturated rings. The van der Waals surface area contributed by atoms with Crippen LogP contribution in [0, 0.1) is 6.92 Å². The number of halogens is 1. The van der Waals surface area contributed by atoms with Gasteiger partial charge in [-0.3, -0.25) is 9.78 Å². The molecule has 0 saturated heterocycles. The van der Waals surface area contributed by atoms with Crippen LogP contribution < -0.4 is 5.32 Å². The number of aryl methyl sites for hydroxylation is 1. The van der Waals surface area contributed by atoms with Gasteiger partial charge in [0.05, 0.1) is 12.6 Å². The molecular formula is C11H15BrN2O2. The van der Waals surface area contributed by atoms with Crippen LogP contribution in [0.15, 0.2) is 18.3 Å². The zero-order valence-corrected chi connectivity index (χ0v) is 11.0. The Labute approximate surface area is 104 Å². The van der Waals surface area contributed by atoms with Crippen LogP contribution in [0.2, 0.25) is 0 Å². The van der Waals surface area contributed by atoms with Crippen LogP contribution >= 0.6 is 15.9 Å². The van der Waals surface area contributed by atoms with Crippen LogP contribution in [0.5, 0.6) is 0 Å². The van der Waals surface area contributed by atoms with Gasteiger partial charge in [0.1, 0.15) is 5.69 Å². The highest BCUT2D eigenvalue weighted by atomic mass is 79.9. The van der Waals surface area contributed by atoms with Crippen molar-refractivity contribution in [3.63, 3.8) is 0 Å². The molecule has 0 saturated carbocycles. The lowest BCUT2D eigenvalue weighted by Crippen LogP contribution is -2.39. The standard InChI is InChI=1S/C11H15BrN2O2/c1-8-4-3-5-13-10(8)11(15)14-9(6-12)7-16-2/h3-5,9H,6-7H2,1-2H3,(H,14,15). The number of hydrogen-bond donors (Lipinski definition) is 1. The Morgan fingerprint density at radius 3 is 3.00 bits per heavy atom. The minimum atomic E-state index is -0.167. The number of methoxy groups -OCH3 is 1. The van der Waals surface area contributed by atoms with Crippen LogP contribution in [0.4, 0.5) is 0 Å². The molecule has 5 heteroatoms. The Hall–Kier alpha value is -0.940. The quantitative estimate of drug-likeness (QED) is 0.836. The number of rotatable bonds is 5. The van der Waals surface area contributed by atoms with E-state index in [0.29, 0.717) is 17.6 Å². The van der Waals surface area contributed by atoms with Crippen LogP contribution in [0.25, 0.3) is 0 Å². The average Bonchev–Trinajstić information content (AvgIpc) is 2.28. The second-order valence-corrected chi connectivity index (χ2v) is 4.10. The summed E-state index contributed by atoms with van der Waals surface area (Å²) in [6.45, 7) is 2.34. The van der Waals surface area contributed by atoms with Crippen molar-refractivity contribution in [2.24, 2.45) is 0 Å². The maximum Gasteiger partial charge on any atom is 0.270 e. The molecule has 1 N–H and O–H groups in total. The first-order valence-electron chi connectivity index (χ1n) is 4.96. The summed E-state index contributed by atoms with van der Waals surface area (Å²) in [5, 5.41) is 3.50. The van der Waals surface area contributed by atoms with Crippen LogP contribution in [0.3, 0.4) is 0 Å². The Balaban J connectivity index is 2.68. The van der Waals surface area contributed by atoms with E-state index in [2.05, 4.69) is 26.2 Å². The second-order valence-electron chi connectivity index (χ2n) is 3.45. The number of pyridine rings is 1. The molecule has 1 aromatic rings. The molecule has 1 aromatic heterocycles. The van der Waals surface area contributed by atoms with Crippen molar-refractivity contribution in [1.82, 2.24) is 10.3 Å². The van der Waals surface area contributed by atoms with E-state index in [-0.39, 0.29) is 11.9 Å². The Kier molecular flexibility index (Phi) is 5.42. The van der Waals surface area contributed by atoms with Crippen molar-refractivity contribution < 1.29 is 9.53 Å². The molecule has 4 nitrogen and oxygen atoms in total. The van der Waals surface area contributed by atoms with E-state index < -0.39 is 0 Å². The molecule has 0 bridgehead atoms. The van der Waals surface area contributed by atoms with Gasteiger partial charge in [0.2, 0.25) is 0 Å². The maximum absolute atomic E-state index is 11.9. The first kappa shape index (κ1) is 13.1. The second kappa shape index (κ2) is 6.60.